The molecule has 1 aromatic carbocycles. The van der Waals surface area contributed by atoms with Crippen molar-refractivity contribution in [2.24, 2.45) is 0 Å². The molecule has 142 valence electrons. The molecule has 0 saturated heterocycles. The van der Waals surface area contributed by atoms with Gasteiger partial charge in [-0.25, -0.2) is 4.98 Å². The molecule has 2 N–H and O–H groups in total. The Kier molecular flexibility index (Phi) is 6.59. The molecule has 0 aliphatic rings. The normalized spacial score (nSPS) is 11.0. The zero-order chi connectivity index (χ0) is 19.1. The molecular weight excluding hydrogens is 366 g/mol. The molecule has 8 nitrogen and oxygen atoms in total. The highest BCUT2D eigenvalue weighted by Crippen LogP contribution is 2.23. The summed E-state index contributed by atoms with van der Waals surface area (Å²) in [6, 6.07) is 7.82. The summed E-state index contributed by atoms with van der Waals surface area (Å²) in [7, 11) is 1.38. The number of nitrogens with zero attached hydrogens (tertiary/aromatic N) is 3. The average Bonchev–Trinajstić information content (AvgIpc) is 3.06. The van der Waals surface area contributed by atoms with Crippen LogP contribution in [0.1, 0.15) is 25.7 Å². The van der Waals surface area contributed by atoms with E-state index in [2.05, 4.69) is 30.2 Å². The number of unbranched alkanes of at least 4 members (excludes halogenated alkanes) is 2. The van der Waals surface area contributed by atoms with Gasteiger partial charge in [-0.2, -0.15) is 0 Å². The Morgan fingerprint density at radius 2 is 2.04 bits per heavy atom. The maximum absolute atomic E-state index is 11.9. The Labute approximate surface area is 160 Å². The third-order valence-electron chi connectivity index (χ3n) is 4.04. The van der Waals surface area contributed by atoms with Crippen molar-refractivity contribution in [1.82, 2.24) is 25.5 Å². The molecule has 9 heteroatoms. The van der Waals surface area contributed by atoms with Gasteiger partial charge >= 0.3 is 5.97 Å². The molecule has 3 rings (SSSR count). The minimum Gasteiger partial charge on any atom is -0.469 e. The molecule has 0 radical (unpaired) electrons. The number of para-hydroxylation sites is 1. The van der Waals surface area contributed by atoms with E-state index in [4.69, 9.17) is 0 Å². The van der Waals surface area contributed by atoms with Gasteiger partial charge in [0.2, 0.25) is 11.1 Å². The van der Waals surface area contributed by atoms with Crippen molar-refractivity contribution in [3.63, 3.8) is 0 Å². The number of H-pyrrole nitrogens is 1. The van der Waals surface area contributed by atoms with Gasteiger partial charge in [-0.3, -0.25) is 9.59 Å². The number of carbonyl (C=O) groups is 2. The van der Waals surface area contributed by atoms with Crippen LogP contribution in [0.5, 0.6) is 0 Å². The number of thioether (sulfide) groups is 1. The molecule has 0 aliphatic heterocycles. The first kappa shape index (κ1) is 19.1. The van der Waals surface area contributed by atoms with Gasteiger partial charge in [-0.05, 0) is 18.9 Å². The van der Waals surface area contributed by atoms with E-state index in [1.165, 1.54) is 18.9 Å². The summed E-state index contributed by atoms with van der Waals surface area (Å²) in [4.78, 5) is 30.6. The Morgan fingerprint density at radius 1 is 1.19 bits per heavy atom. The van der Waals surface area contributed by atoms with Crippen molar-refractivity contribution in [2.75, 3.05) is 19.4 Å². The van der Waals surface area contributed by atoms with Crippen molar-refractivity contribution in [2.45, 2.75) is 30.8 Å². The zero-order valence-corrected chi connectivity index (χ0v) is 15.8. The lowest BCUT2D eigenvalue weighted by Gasteiger charge is -2.04. The smallest absolute Gasteiger partial charge is 0.305 e. The van der Waals surface area contributed by atoms with E-state index in [-0.39, 0.29) is 17.6 Å². The number of esters is 1. The summed E-state index contributed by atoms with van der Waals surface area (Å²) in [5.74, 6) is -0.0421. The van der Waals surface area contributed by atoms with Crippen LogP contribution in [0.3, 0.4) is 0 Å². The number of rotatable bonds is 9. The Balaban J connectivity index is 1.42. The molecule has 1 amide bonds. The predicted octanol–water partition coefficient (Wildman–Crippen LogP) is 2.45. The number of ether oxygens (including phenoxy) is 1. The third kappa shape index (κ3) is 5.16. The highest BCUT2D eigenvalue weighted by molar-refractivity contribution is 7.99. The highest BCUT2D eigenvalue weighted by atomic mass is 32.2. The largest absolute Gasteiger partial charge is 0.469 e. The fourth-order valence-corrected chi connectivity index (χ4v) is 3.27. The number of aromatic nitrogens is 4. The molecule has 0 spiro atoms. The van der Waals surface area contributed by atoms with Crippen LogP contribution in [0.4, 0.5) is 0 Å². The quantitative estimate of drug-likeness (QED) is 0.330. The lowest BCUT2D eigenvalue weighted by molar-refractivity contribution is -0.140. The summed E-state index contributed by atoms with van der Waals surface area (Å²) >= 11 is 1.25. The number of fused-ring (bicyclic) bond motifs is 3. The van der Waals surface area contributed by atoms with Gasteiger partial charge in [0.25, 0.3) is 0 Å². The first-order valence-electron chi connectivity index (χ1n) is 8.75. The van der Waals surface area contributed by atoms with Crippen LogP contribution >= 0.6 is 11.8 Å². The zero-order valence-electron chi connectivity index (χ0n) is 15.0. The molecule has 2 aromatic heterocycles. The Hall–Kier alpha value is -2.68. The van der Waals surface area contributed by atoms with Crippen LogP contribution in [0.25, 0.3) is 22.1 Å². The molecule has 0 fully saturated rings. The number of hydrogen-bond donors (Lipinski definition) is 2. The van der Waals surface area contributed by atoms with E-state index in [0.29, 0.717) is 23.8 Å². The molecule has 3 aromatic rings. The molecule has 0 saturated carbocycles. The monoisotopic (exact) mass is 387 g/mol. The van der Waals surface area contributed by atoms with Crippen LogP contribution in [0.15, 0.2) is 29.4 Å². The van der Waals surface area contributed by atoms with Crippen molar-refractivity contribution in [1.29, 1.82) is 0 Å². The third-order valence-corrected chi connectivity index (χ3v) is 4.88. The fourth-order valence-electron chi connectivity index (χ4n) is 2.65. The second kappa shape index (κ2) is 9.31. The van der Waals surface area contributed by atoms with Gasteiger partial charge in [0.15, 0.2) is 5.65 Å². The number of carbonyl (C=O) groups excluding carboxylic acids is 2. The lowest BCUT2D eigenvalue weighted by atomic mass is 10.2. The molecule has 2 heterocycles. The first-order valence-corrected chi connectivity index (χ1v) is 9.73. The number of amides is 1. The van der Waals surface area contributed by atoms with Crippen molar-refractivity contribution in [3.05, 3.63) is 24.3 Å². The van der Waals surface area contributed by atoms with Gasteiger partial charge in [-0.15, -0.1) is 10.2 Å². The van der Waals surface area contributed by atoms with Crippen LogP contribution in [0, 0.1) is 0 Å². The summed E-state index contributed by atoms with van der Waals surface area (Å²) in [6.07, 6.45) is 2.88. The predicted molar refractivity (Wildman–Crippen MR) is 103 cm³/mol. The summed E-state index contributed by atoms with van der Waals surface area (Å²) in [6.45, 7) is 0.584. The second-order valence-electron chi connectivity index (χ2n) is 5.99. The average molecular weight is 387 g/mol. The second-order valence-corrected chi connectivity index (χ2v) is 6.93. The van der Waals surface area contributed by atoms with E-state index >= 15 is 0 Å². The minimum atomic E-state index is -0.198. The van der Waals surface area contributed by atoms with Crippen LogP contribution in [0.2, 0.25) is 0 Å². The number of nitrogens with one attached hydrogen (secondary N) is 2. The summed E-state index contributed by atoms with van der Waals surface area (Å²) < 4.78 is 4.58. The van der Waals surface area contributed by atoms with Gasteiger partial charge in [0, 0.05) is 23.9 Å². The highest BCUT2D eigenvalue weighted by Gasteiger charge is 2.10. The van der Waals surface area contributed by atoms with Gasteiger partial charge in [-0.1, -0.05) is 36.4 Å². The van der Waals surface area contributed by atoms with E-state index in [9.17, 15) is 9.59 Å². The molecule has 0 unspecified atom stereocenters. The van der Waals surface area contributed by atoms with E-state index in [0.717, 1.165) is 35.7 Å². The Morgan fingerprint density at radius 3 is 2.89 bits per heavy atom. The van der Waals surface area contributed by atoms with Crippen molar-refractivity contribution >= 4 is 45.7 Å². The van der Waals surface area contributed by atoms with Crippen molar-refractivity contribution < 1.29 is 14.3 Å². The standard InChI is InChI=1S/C18H21N5O3S/c1-26-15(25)9-3-2-6-10-19-14(24)11-27-18-21-17-16(22-23-18)12-7-4-5-8-13(12)20-17/h4-5,7-8H,2-3,6,9-11H2,1H3,(H,19,24)(H,20,21,23). The maximum Gasteiger partial charge on any atom is 0.305 e. The molecular formula is C18H21N5O3S. The fraction of sp³-hybridized carbons (Fsp3) is 0.389. The van der Waals surface area contributed by atoms with Crippen LogP contribution < -0.4 is 5.32 Å². The van der Waals surface area contributed by atoms with Gasteiger partial charge < -0.3 is 15.0 Å². The van der Waals surface area contributed by atoms with E-state index in [1.807, 2.05) is 24.3 Å². The number of methoxy groups -OCH3 is 1. The molecule has 27 heavy (non-hydrogen) atoms. The summed E-state index contributed by atoms with van der Waals surface area (Å²) in [5.41, 5.74) is 2.35. The molecule has 0 aliphatic carbocycles. The number of hydrogen-bond acceptors (Lipinski definition) is 7. The van der Waals surface area contributed by atoms with E-state index < -0.39 is 0 Å². The first-order chi connectivity index (χ1) is 13.2. The number of aromatic amines is 1. The van der Waals surface area contributed by atoms with E-state index in [1.54, 1.807) is 0 Å². The molecule has 0 atom stereocenters. The summed E-state index contributed by atoms with van der Waals surface area (Å²) in [5, 5.41) is 12.6. The lowest BCUT2D eigenvalue weighted by Crippen LogP contribution is -2.26. The van der Waals surface area contributed by atoms with Gasteiger partial charge in [0.1, 0.15) is 5.52 Å². The number of benzene rings is 1. The molecule has 0 bridgehead atoms. The van der Waals surface area contributed by atoms with Crippen LogP contribution in [-0.2, 0) is 14.3 Å². The Bertz CT molecular complexity index is 943. The maximum atomic E-state index is 11.9. The SMILES string of the molecule is COC(=O)CCCCCNC(=O)CSc1nnc2c(n1)[nH]c1ccccc12. The van der Waals surface area contributed by atoms with Crippen LogP contribution in [-0.4, -0.2) is 51.4 Å². The topological polar surface area (TPSA) is 110 Å². The van der Waals surface area contributed by atoms with Crippen molar-refractivity contribution in [3.8, 4) is 0 Å². The minimum absolute atomic E-state index is 0.0756. The van der Waals surface area contributed by atoms with Gasteiger partial charge in [0.05, 0.1) is 12.9 Å².